The first-order valence-corrected chi connectivity index (χ1v) is 10.3. The third-order valence-corrected chi connectivity index (χ3v) is 6.33. The Bertz CT molecular complexity index is 620. The van der Waals surface area contributed by atoms with E-state index in [0.29, 0.717) is 12.5 Å². The maximum Gasteiger partial charge on any atom is 0.236 e. The molecule has 1 fully saturated rings. The van der Waals surface area contributed by atoms with Gasteiger partial charge in [0.15, 0.2) is 0 Å². The maximum absolute atomic E-state index is 12.7. The van der Waals surface area contributed by atoms with Crippen LogP contribution in [-0.4, -0.2) is 66.9 Å². The highest BCUT2D eigenvalue weighted by Crippen LogP contribution is 2.42. The van der Waals surface area contributed by atoms with Crippen LogP contribution in [0.3, 0.4) is 0 Å². The fourth-order valence-electron chi connectivity index (χ4n) is 4.77. The topological polar surface area (TPSA) is 26.8 Å². The minimum Gasteiger partial charge on any atom is -0.342 e. The quantitative estimate of drug-likeness (QED) is 0.811. The maximum atomic E-state index is 12.7. The average Bonchev–Trinajstić information content (AvgIpc) is 2.64. The van der Waals surface area contributed by atoms with Crippen molar-refractivity contribution in [2.75, 3.05) is 46.3 Å². The van der Waals surface area contributed by atoms with Gasteiger partial charge in [-0.15, -0.1) is 0 Å². The van der Waals surface area contributed by atoms with E-state index >= 15 is 0 Å². The van der Waals surface area contributed by atoms with E-state index in [-0.39, 0.29) is 11.4 Å². The van der Waals surface area contributed by atoms with Gasteiger partial charge in [0.1, 0.15) is 0 Å². The fourth-order valence-corrected chi connectivity index (χ4v) is 4.77. The molecule has 1 aromatic rings. The molecule has 4 heteroatoms. The Hall–Kier alpha value is -1.39. The number of piperidine rings is 1. The van der Waals surface area contributed by atoms with Crippen LogP contribution in [-0.2, 0) is 16.8 Å². The lowest BCUT2D eigenvalue weighted by Crippen LogP contribution is -2.55. The number of amides is 1. The van der Waals surface area contributed by atoms with Gasteiger partial charge in [-0.3, -0.25) is 14.6 Å². The van der Waals surface area contributed by atoms with Gasteiger partial charge in [-0.1, -0.05) is 38.1 Å². The van der Waals surface area contributed by atoms with Gasteiger partial charge < -0.3 is 4.90 Å². The predicted octanol–water partition coefficient (Wildman–Crippen LogP) is 2.97. The van der Waals surface area contributed by atoms with Gasteiger partial charge in [0.2, 0.25) is 5.91 Å². The molecule has 0 unspecified atom stereocenters. The van der Waals surface area contributed by atoms with E-state index in [4.69, 9.17) is 0 Å². The van der Waals surface area contributed by atoms with Crippen molar-refractivity contribution in [3.05, 3.63) is 35.4 Å². The number of carbonyl (C=O) groups excluding carboxylic acids is 1. The van der Waals surface area contributed by atoms with Crippen LogP contribution in [0.4, 0.5) is 0 Å². The molecule has 0 aliphatic carbocycles. The first-order valence-electron chi connectivity index (χ1n) is 10.3. The molecule has 4 nitrogen and oxygen atoms in total. The molecular weight excluding hydrogens is 322 g/mol. The van der Waals surface area contributed by atoms with Crippen molar-refractivity contribution in [2.45, 2.75) is 45.6 Å². The molecule has 0 bridgehead atoms. The van der Waals surface area contributed by atoms with Crippen molar-refractivity contribution in [1.29, 1.82) is 0 Å². The Morgan fingerprint density at radius 1 is 1.19 bits per heavy atom. The van der Waals surface area contributed by atoms with Crippen molar-refractivity contribution < 1.29 is 4.79 Å². The fraction of sp³-hybridized carbons (Fsp3) is 0.682. The summed E-state index contributed by atoms with van der Waals surface area (Å²) >= 11 is 0. The second-order valence-electron chi connectivity index (χ2n) is 8.46. The van der Waals surface area contributed by atoms with E-state index in [9.17, 15) is 4.79 Å². The highest BCUT2D eigenvalue weighted by atomic mass is 16.2. The number of fused-ring (bicyclic) bond motifs is 2. The third kappa shape index (κ3) is 3.81. The molecule has 1 aromatic carbocycles. The molecule has 26 heavy (non-hydrogen) atoms. The summed E-state index contributed by atoms with van der Waals surface area (Å²) in [4.78, 5) is 19.6. The summed E-state index contributed by atoms with van der Waals surface area (Å²) in [7, 11) is 2.28. The number of carbonyl (C=O) groups is 1. The summed E-state index contributed by atoms with van der Waals surface area (Å²) in [5.41, 5.74) is 3.20. The number of hydrogen-bond acceptors (Lipinski definition) is 3. The Labute approximate surface area is 159 Å². The van der Waals surface area contributed by atoms with Gasteiger partial charge in [-0.25, -0.2) is 0 Å². The molecule has 1 amide bonds. The largest absolute Gasteiger partial charge is 0.342 e. The standard InChI is InChI=1S/C22H35N3O/c1-5-25(16-18(2)3)21(26)17-24-14-11-22(12-15-24)20-9-7-6-8-19(20)10-13-23(22)4/h6-9,18H,5,10-17H2,1-4H3. The smallest absolute Gasteiger partial charge is 0.236 e. The highest BCUT2D eigenvalue weighted by molar-refractivity contribution is 5.78. The van der Waals surface area contributed by atoms with Crippen LogP contribution in [0.25, 0.3) is 0 Å². The molecule has 0 saturated carbocycles. The van der Waals surface area contributed by atoms with Crippen molar-refractivity contribution in [2.24, 2.45) is 5.92 Å². The zero-order chi connectivity index (χ0) is 18.7. The van der Waals surface area contributed by atoms with Gasteiger partial charge in [-0.2, -0.15) is 0 Å². The van der Waals surface area contributed by atoms with Crippen molar-refractivity contribution in [3.8, 4) is 0 Å². The van der Waals surface area contributed by atoms with Crippen molar-refractivity contribution in [1.82, 2.24) is 14.7 Å². The van der Waals surface area contributed by atoms with Crippen LogP contribution in [0.15, 0.2) is 24.3 Å². The SMILES string of the molecule is CCN(CC(C)C)C(=O)CN1CCC2(CC1)c1ccccc1CCN2C. The second kappa shape index (κ2) is 8.10. The Morgan fingerprint density at radius 2 is 1.88 bits per heavy atom. The molecular formula is C22H35N3O. The van der Waals surface area contributed by atoms with Gasteiger partial charge in [0.25, 0.3) is 0 Å². The molecule has 2 heterocycles. The normalized spacial score (nSPS) is 20.3. The molecule has 1 spiro atoms. The third-order valence-electron chi connectivity index (χ3n) is 6.33. The number of nitrogens with zero attached hydrogens (tertiary/aromatic N) is 3. The number of likely N-dealkylation sites (N-methyl/N-ethyl adjacent to an activating group) is 2. The lowest BCUT2D eigenvalue weighted by molar-refractivity contribution is -0.133. The van der Waals surface area contributed by atoms with E-state index in [1.165, 1.54) is 11.1 Å². The highest BCUT2D eigenvalue weighted by Gasteiger charge is 2.43. The minimum absolute atomic E-state index is 0.163. The van der Waals surface area contributed by atoms with Crippen LogP contribution in [0.1, 0.15) is 44.7 Å². The summed E-state index contributed by atoms with van der Waals surface area (Å²) in [5.74, 6) is 0.811. The Morgan fingerprint density at radius 3 is 2.54 bits per heavy atom. The van der Waals surface area contributed by atoms with Crippen molar-refractivity contribution >= 4 is 5.91 Å². The summed E-state index contributed by atoms with van der Waals surface area (Å²) in [6.45, 7) is 11.8. The number of hydrogen-bond donors (Lipinski definition) is 0. The van der Waals surface area contributed by atoms with E-state index in [1.807, 2.05) is 4.90 Å². The van der Waals surface area contributed by atoms with Gasteiger partial charge >= 0.3 is 0 Å². The molecule has 2 aliphatic heterocycles. The Kier molecular flexibility index (Phi) is 6.03. The first-order chi connectivity index (χ1) is 12.5. The monoisotopic (exact) mass is 357 g/mol. The van der Waals surface area contributed by atoms with Crippen LogP contribution < -0.4 is 0 Å². The molecule has 144 valence electrons. The number of likely N-dealkylation sites (tertiary alicyclic amines) is 1. The van der Waals surface area contributed by atoms with Crippen LogP contribution >= 0.6 is 0 Å². The average molecular weight is 358 g/mol. The van der Waals surface area contributed by atoms with E-state index in [2.05, 4.69) is 61.9 Å². The Balaban J connectivity index is 1.65. The zero-order valence-corrected chi connectivity index (χ0v) is 17.0. The zero-order valence-electron chi connectivity index (χ0n) is 17.0. The number of benzene rings is 1. The summed E-state index contributed by atoms with van der Waals surface area (Å²) in [6.07, 6.45) is 3.38. The van der Waals surface area contributed by atoms with E-state index in [0.717, 1.165) is 52.0 Å². The molecule has 0 radical (unpaired) electrons. The summed E-state index contributed by atoms with van der Waals surface area (Å²) in [5, 5.41) is 0. The number of rotatable bonds is 5. The van der Waals surface area contributed by atoms with Crippen LogP contribution in [0.2, 0.25) is 0 Å². The molecule has 2 aliphatic rings. The molecule has 0 N–H and O–H groups in total. The lowest BCUT2D eigenvalue weighted by atomic mass is 9.74. The molecule has 0 aromatic heterocycles. The molecule has 3 rings (SSSR count). The van der Waals surface area contributed by atoms with E-state index in [1.54, 1.807) is 0 Å². The molecule has 0 atom stereocenters. The predicted molar refractivity (Wildman–Crippen MR) is 107 cm³/mol. The molecule has 1 saturated heterocycles. The van der Waals surface area contributed by atoms with Crippen LogP contribution in [0, 0.1) is 5.92 Å². The van der Waals surface area contributed by atoms with Crippen LogP contribution in [0.5, 0.6) is 0 Å². The second-order valence-corrected chi connectivity index (χ2v) is 8.46. The summed E-state index contributed by atoms with van der Waals surface area (Å²) < 4.78 is 0. The summed E-state index contributed by atoms with van der Waals surface area (Å²) in [6, 6.07) is 8.97. The van der Waals surface area contributed by atoms with Gasteiger partial charge in [-0.05, 0) is 50.3 Å². The van der Waals surface area contributed by atoms with E-state index < -0.39 is 0 Å². The van der Waals surface area contributed by atoms with Gasteiger partial charge in [0, 0.05) is 38.3 Å². The van der Waals surface area contributed by atoms with Crippen molar-refractivity contribution in [3.63, 3.8) is 0 Å². The first kappa shape index (κ1) is 19.4. The van der Waals surface area contributed by atoms with Gasteiger partial charge in [0.05, 0.1) is 6.54 Å². The minimum atomic E-state index is 0.163. The lowest BCUT2D eigenvalue weighted by Gasteiger charge is -2.51.